The number of hydrogen-bond donors (Lipinski definition) is 1. The molecule has 10 heavy (non-hydrogen) atoms. The third-order valence-electron chi connectivity index (χ3n) is 2.70. The number of fused-ring (bicyclic) bond motifs is 1. The van der Waals surface area contributed by atoms with E-state index in [0.717, 1.165) is 12.0 Å². The molecule has 2 heterocycles. The van der Waals surface area contributed by atoms with Crippen LogP contribution in [-0.4, -0.2) is 37.1 Å². The minimum atomic E-state index is 0.853. The third-order valence-corrected chi connectivity index (χ3v) is 2.70. The monoisotopic (exact) mass is 140 g/mol. The maximum atomic E-state index is 3.45. The van der Waals surface area contributed by atoms with Gasteiger partial charge in [-0.05, 0) is 13.0 Å². The van der Waals surface area contributed by atoms with E-state index in [-0.39, 0.29) is 0 Å². The van der Waals surface area contributed by atoms with Crippen LogP contribution >= 0.6 is 0 Å². The van der Waals surface area contributed by atoms with Gasteiger partial charge in [0.1, 0.15) is 0 Å². The molecule has 0 radical (unpaired) electrons. The molecule has 2 saturated heterocycles. The Morgan fingerprint density at radius 2 is 2.40 bits per heavy atom. The van der Waals surface area contributed by atoms with Gasteiger partial charge in [-0.15, -0.1) is 0 Å². The quantitative estimate of drug-likeness (QED) is 0.593. The first-order valence-electron chi connectivity index (χ1n) is 4.36. The first kappa shape index (κ1) is 6.62. The fourth-order valence-corrected chi connectivity index (χ4v) is 2.04. The summed E-state index contributed by atoms with van der Waals surface area (Å²) in [6.07, 6.45) is 1.30. The summed E-state index contributed by atoms with van der Waals surface area (Å²) in [7, 11) is 0. The molecule has 58 valence electrons. The second-order valence-corrected chi connectivity index (χ2v) is 3.53. The first-order chi connectivity index (χ1) is 4.90. The van der Waals surface area contributed by atoms with Crippen LogP contribution in [0, 0.1) is 5.92 Å². The fourth-order valence-electron chi connectivity index (χ4n) is 2.04. The zero-order valence-electron chi connectivity index (χ0n) is 6.64. The lowest BCUT2D eigenvalue weighted by molar-refractivity contribution is 0.296. The lowest BCUT2D eigenvalue weighted by Crippen LogP contribution is -2.51. The number of nitrogens with one attached hydrogen (secondary N) is 1. The summed E-state index contributed by atoms with van der Waals surface area (Å²) < 4.78 is 0. The molecule has 0 aromatic rings. The van der Waals surface area contributed by atoms with Gasteiger partial charge in [-0.25, -0.2) is 0 Å². The predicted octanol–water partition coefficient (Wildman–Crippen LogP) is 0.300. The van der Waals surface area contributed by atoms with Crippen molar-refractivity contribution >= 4 is 0 Å². The summed E-state index contributed by atoms with van der Waals surface area (Å²) in [4.78, 5) is 2.58. The summed E-state index contributed by atoms with van der Waals surface area (Å²) in [5, 5.41) is 3.45. The fraction of sp³-hybridized carbons (Fsp3) is 1.00. The summed E-state index contributed by atoms with van der Waals surface area (Å²) in [6.45, 7) is 7.48. The van der Waals surface area contributed by atoms with E-state index in [9.17, 15) is 0 Å². The molecule has 2 unspecified atom stereocenters. The van der Waals surface area contributed by atoms with Crippen molar-refractivity contribution in [2.75, 3.05) is 26.2 Å². The molecular formula is C8H16N2. The van der Waals surface area contributed by atoms with Crippen molar-refractivity contribution in [3.8, 4) is 0 Å². The zero-order valence-corrected chi connectivity index (χ0v) is 6.64. The highest BCUT2D eigenvalue weighted by Gasteiger charge is 2.38. The van der Waals surface area contributed by atoms with Gasteiger partial charge in [-0.3, -0.25) is 0 Å². The lowest BCUT2D eigenvalue weighted by Gasteiger charge is -2.30. The van der Waals surface area contributed by atoms with E-state index in [1.807, 2.05) is 0 Å². The smallest absolute Gasteiger partial charge is 0.0247 e. The van der Waals surface area contributed by atoms with Crippen molar-refractivity contribution in [2.24, 2.45) is 5.92 Å². The topological polar surface area (TPSA) is 15.3 Å². The van der Waals surface area contributed by atoms with Crippen LogP contribution in [-0.2, 0) is 0 Å². The van der Waals surface area contributed by atoms with Gasteiger partial charge >= 0.3 is 0 Å². The minimum absolute atomic E-state index is 0.853. The Balaban J connectivity index is 1.81. The van der Waals surface area contributed by atoms with Gasteiger partial charge in [0.05, 0.1) is 0 Å². The van der Waals surface area contributed by atoms with Gasteiger partial charge in [0.2, 0.25) is 0 Å². The Kier molecular flexibility index (Phi) is 1.66. The number of rotatable bonds is 2. The highest BCUT2D eigenvalue weighted by molar-refractivity contribution is 4.97. The van der Waals surface area contributed by atoms with E-state index in [1.54, 1.807) is 0 Å². The van der Waals surface area contributed by atoms with Gasteiger partial charge in [0, 0.05) is 31.6 Å². The van der Waals surface area contributed by atoms with Crippen molar-refractivity contribution in [1.29, 1.82) is 0 Å². The van der Waals surface area contributed by atoms with E-state index >= 15 is 0 Å². The Morgan fingerprint density at radius 1 is 1.50 bits per heavy atom. The molecule has 0 aromatic heterocycles. The van der Waals surface area contributed by atoms with Gasteiger partial charge < -0.3 is 10.2 Å². The van der Waals surface area contributed by atoms with Crippen LogP contribution in [0.25, 0.3) is 0 Å². The van der Waals surface area contributed by atoms with E-state index < -0.39 is 0 Å². The normalized spacial score (nSPS) is 39.3. The second kappa shape index (κ2) is 2.51. The van der Waals surface area contributed by atoms with E-state index in [0.29, 0.717) is 0 Å². The highest BCUT2D eigenvalue weighted by Crippen LogP contribution is 2.22. The van der Waals surface area contributed by atoms with Crippen LogP contribution in [0.15, 0.2) is 0 Å². The molecule has 0 spiro atoms. The molecule has 0 saturated carbocycles. The number of likely N-dealkylation sites (tertiary alicyclic amines) is 1. The van der Waals surface area contributed by atoms with Crippen molar-refractivity contribution in [2.45, 2.75) is 19.4 Å². The standard InChI is InChI=1S/C8H16N2/c1-2-3-10-5-7-4-9-8(7)6-10/h7-9H,2-6H2,1H3. The average Bonchev–Trinajstić information content (AvgIpc) is 2.14. The van der Waals surface area contributed by atoms with Crippen LogP contribution in [0.1, 0.15) is 13.3 Å². The Labute approximate surface area is 62.6 Å². The molecule has 2 atom stereocenters. The second-order valence-electron chi connectivity index (χ2n) is 3.53. The van der Waals surface area contributed by atoms with Gasteiger partial charge in [0.15, 0.2) is 0 Å². The molecule has 2 aliphatic rings. The van der Waals surface area contributed by atoms with Gasteiger partial charge in [-0.1, -0.05) is 6.92 Å². The maximum Gasteiger partial charge on any atom is 0.0247 e. The van der Waals surface area contributed by atoms with Gasteiger partial charge in [-0.2, -0.15) is 0 Å². The lowest BCUT2D eigenvalue weighted by atomic mass is 9.96. The van der Waals surface area contributed by atoms with Crippen LogP contribution in [0.4, 0.5) is 0 Å². The third kappa shape index (κ3) is 0.956. The summed E-state index contributed by atoms with van der Waals surface area (Å²) in [5.74, 6) is 0.992. The maximum absolute atomic E-state index is 3.45. The summed E-state index contributed by atoms with van der Waals surface area (Å²) in [6, 6.07) is 0.853. The van der Waals surface area contributed by atoms with Gasteiger partial charge in [0.25, 0.3) is 0 Å². The average molecular weight is 140 g/mol. The molecule has 2 fully saturated rings. The van der Waals surface area contributed by atoms with Crippen LogP contribution < -0.4 is 5.32 Å². The molecule has 2 rings (SSSR count). The Hall–Kier alpha value is -0.0800. The van der Waals surface area contributed by atoms with Crippen molar-refractivity contribution in [3.63, 3.8) is 0 Å². The Bertz CT molecular complexity index is 112. The Morgan fingerprint density at radius 3 is 2.80 bits per heavy atom. The van der Waals surface area contributed by atoms with Crippen LogP contribution in [0.3, 0.4) is 0 Å². The molecule has 2 aliphatic heterocycles. The van der Waals surface area contributed by atoms with Crippen molar-refractivity contribution < 1.29 is 0 Å². The number of hydrogen-bond acceptors (Lipinski definition) is 2. The largest absolute Gasteiger partial charge is 0.312 e. The number of nitrogens with zero attached hydrogens (tertiary/aromatic N) is 1. The van der Waals surface area contributed by atoms with Crippen molar-refractivity contribution in [1.82, 2.24) is 10.2 Å². The summed E-state index contributed by atoms with van der Waals surface area (Å²) in [5.41, 5.74) is 0. The highest BCUT2D eigenvalue weighted by atomic mass is 15.2. The van der Waals surface area contributed by atoms with Crippen molar-refractivity contribution in [3.05, 3.63) is 0 Å². The van der Waals surface area contributed by atoms with E-state index in [1.165, 1.54) is 32.6 Å². The molecule has 2 heteroatoms. The SMILES string of the molecule is CCCN1CC2CNC2C1. The molecule has 0 bridgehead atoms. The molecule has 0 aliphatic carbocycles. The molecule has 1 N–H and O–H groups in total. The predicted molar refractivity (Wildman–Crippen MR) is 42.0 cm³/mol. The van der Waals surface area contributed by atoms with E-state index in [2.05, 4.69) is 17.1 Å². The van der Waals surface area contributed by atoms with E-state index in [4.69, 9.17) is 0 Å². The van der Waals surface area contributed by atoms with Crippen LogP contribution in [0.2, 0.25) is 0 Å². The summed E-state index contributed by atoms with van der Waals surface area (Å²) >= 11 is 0. The zero-order chi connectivity index (χ0) is 6.97. The molecule has 2 nitrogen and oxygen atoms in total. The first-order valence-corrected chi connectivity index (χ1v) is 4.36. The minimum Gasteiger partial charge on any atom is -0.312 e. The van der Waals surface area contributed by atoms with Crippen LogP contribution in [0.5, 0.6) is 0 Å². The molecular weight excluding hydrogens is 124 g/mol. The molecule has 0 aromatic carbocycles. The molecule has 0 amide bonds.